The van der Waals surface area contributed by atoms with Crippen LogP contribution in [-0.4, -0.2) is 20.7 Å². The molecule has 1 aromatic heterocycles. The van der Waals surface area contributed by atoms with E-state index in [0.717, 1.165) is 16.8 Å². The summed E-state index contributed by atoms with van der Waals surface area (Å²) in [5, 5.41) is 7.48. The van der Waals surface area contributed by atoms with Crippen LogP contribution in [0, 0.1) is 12.7 Å². The summed E-state index contributed by atoms with van der Waals surface area (Å²) in [5.74, 6) is -0.726. The zero-order valence-corrected chi connectivity index (χ0v) is 16.2. The van der Waals surface area contributed by atoms with Crippen molar-refractivity contribution < 1.29 is 9.18 Å². The normalized spacial score (nSPS) is 10.7. The van der Waals surface area contributed by atoms with E-state index in [2.05, 4.69) is 15.4 Å². The average Bonchev–Trinajstić information content (AvgIpc) is 3.16. The maximum Gasteiger partial charge on any atom is 0.295 e. The van der Waals surface area contributed by atoms with Gasteiger partial charge in [0.2, 0.25) is 5.82 Å². The standard InChI is InChI=1S/C22H16ClFN4O/c1-14-6-12-17(13-7-14)28-21(15-8-10-16(23)11-9-15)26-20(27-28)22(29)25-19-5-3-2-4-18(19)24/h2-13H,1H3,(H,25,29). The molecule has 0 aliphatic carbocycles. The van der Waals surface area contributed by atoms with Crippen molar-refractivity contribution in [2.75, 3.05) is 5.32 Å². The molecule has 0 aliphatic heterocycles. The minimum atomic E-state index is -0.601. The number of aryl methyl sites for hydroxylation is 1. The summed E-state index contributed by atoms with van der Waals surface area (Å²) in [4.78, 5) is 17.1. The molecule has 0 bridgehead atoms. The molecule has 0 saturated carbocycles. The van der Waals surface area contributed by atoms with Crippen molar-refractivity contribution in [3.05, 3.63) is 95.0 Å². The minimum Gasteiger partial charge on any atom is -0.317 e. The topological polar surface area (TPSA) is 59.8 Å². The lowest BCUT2D eigenvalue weighted by Gasteiger charge is -2.06. The van der Waals surface area contributed by atoms with Crippen LogP contribution in [0.5, 0.6) is 0 Å². The molecule has 144 valence electrons. The fourth-order valence-corrected chi connectivity index (χ4v) is 2.93. The Balaban J connectivity index is 1.76. The van der Waals surface area contributed by atoms with Gasteiger partial charge in [-0.2, -0.15) is 0 Å². The van der Waals surface area contributed by atoms with Crippen molar-refractivity contribution in [2.45, 2.75) is 6.92 Å². The van der Waals surface area contributed by atoms with Gasteiger partial charge in [0.15, 0.2) is 5.82 Å². The Morgan fingerprint density at radius 1 is 1.00 bits per heavy atom. The summed E-state index contributed by atoms with van der Waals surface area (Å²) in [6.45, 7) is 1.98. The van der Waals surface area contributed by atoms with E-state index in [1.807, 2.05) is 31.2 Å². The Morgan fingerprint density at radius 3 is 2.38 bits per heavy atom. The molecule has 0 saturated heterocycles. The van der Waals surface area contributed by atoms with Gasteiger partial charge in [0.05, 0.1) is 11.4 Å². The number of benzene rings is 3. The monoisotopic (exact) mass is 406 g/mol. The Hall–Kier alpha value is -3.51. The van der Waals surface area contributed by atoms with Gasteiger partial charge in [-0.3, -0.25) is 4.79 Å². The molecular formula is C22H16ClFN4O. The highest BCUT2D eigenvalue weighted by molar-refractivity contribution is 6.30. The Labute approximate surface area is 171 Å². The molecule has 0 atom stereocenters. The summed E-state index contributed by atoms with van der Waals surface area (Å²) in [5.41, 5.74) is 2.65. The van der Waals surface area contributed by atoms with Crippen molar-refractivity contribution in [3.8, 4) is 17.1 Å². The number of para-hydroxylation sites is 1. The zero-order valence-electron chi connectivity index (χ0n) is 15.4. The number of amides is 1. The van der Waals surface area contributed by atoms with Gasteiger partial charge in [0, 0.05) is 10.6 Å². The molecule has 4 rings (SSSR count). The van der Waals surface area contributed by atoms with Gasteiger partial charge in [-0.15, -0.1) is 5.10 Å². The molecule has 1 N–H and O–H groups in total. The van der Waals surface area contributed by atoms with Gasteiger partial charge in [-0.05, 0) is 55.5 Å². The lowest BCUT2D eigenvalue weighted by Crippen LogP contribution is -2.15. The Morgan fingerprint density at radius 2 is 1.69 bits per heavy atom. The van der Waals surface area contributed by atoms with Gasteiger partial charge < -0.3 is 5.32 Å². The second kappa shape index (κ2) is 7.85. The molecule has 3 aromatic carbocycles. The molecule has 1 amide bonds. The van der Waals surface area contributed by atoms with Crippen molar-refractivity contribution >= 4 is 23.2 Å². The smallest absolute Gasteiger partial charge is 0.295 e. The van der Waals surface area contributed by atoms with Crippen LogP contribution in [0.25, 0.3) is 17.1 Å². The maximum atomic E-state index is 13.9. The molecule has 0 unspecified atom stereocenters. The summed E-state index contributed by atoms with van der Waals surface area (Å²) >= 11 is 5.99. The second-order valence-corrected chi connectivity index (χ2v) is 6.88. The first kappa shape index (κ1) is 18.8. The third-order valence-corrected chi connectivity index (χ3v) is 4.57. The zero-order chi connectivity index (χ0) is 20.4. The fourth-order valence-electron chi connectivity index (χ4n) is 2.80. The van der Waals surface area contributed by atoms with Gasteiger partial charge in [-0.25, -0.2) is 14.1 Å². The van der Waals surface area contributed by atoms with Crippen molar-refractivity contribution in [1.29, 1.82) is 0 Å². The van der Waals surface area contributed by atoms with Gasteiger partial charge in [0.25, 0.3) is 5.91 Å². The van der Waals surface area contributed by atoms with E-state index < -0.39 is 11.7 Å². The fraction of sp³-hybridized carbons (Fsp3) is 0.0455. The molecular weight excluding hydrogens is 391 g/mol. The summed E-state index contributed by atoms with van der Waals surface area (Å²) < 4.78 is 15.5. The number of rotatable bonds is 4. The van der Waals surface area contributed by atoms with Crippen molar-refractivity contribution in [1.82, 2.24) is 14.8 Å². The second-order valence-electron chi connectivity index (χ2n) is 6.45. The van der Waals surface area contributed by atoms with Gasteiger partial charge >= 0.3 is 0 Å². The molecule has 7 heteroatoms. The van der Waals surface area contributed by atoms with Crippen LogP contribution >= 0.6 is 11.6 Å². The lowest BCUT2D eigenvalue weighted by molar-refractivity contribution is 0.101. The third kappa shape index (κ3) is 4.02. The van der Waals surface area contributed by atoms with E-state index in [4.69, 9.17) is 11.6 Å². The molecule has 29 heavy (non-hydrogen) atoms. The summed E-state index contributed by atoms with van der Waals surface area (Å²) in [6.07, 6.45) is 0. The number of carbonyl (C=O) groups is 1. The van der Waals surface area contributed by atoms with E-state index >= 15 is 0 Å². The van der Waals surface area contributed by atoms with E-state index in [1.54, 1.807) is 41.1 Å². The molecule has 0 radical (unpaired) electrons. The van der Waals surface area contributed by atoms with Crippen LogP contribution in [-0.2, 0) is 0 Å². The first-order chi connectivity index (χ1) is 14.0. The predicted octanol–water partition coefficient (Wildman–Crippen LogP) is 5.29. The number of nitrogens with zero attached hydrogens (tertiary/aromatic N) is 3. The minimum absolute atomic E-state index is 0.0669. The third-order valence-electron chi connectivity index (χ3n) is 4.31. The number of aromatic nitrogens is 3. The number of nitrogens with one attached hydrogen (secondary N) is 1. The molecule has 5 nitrogen and oxygen atoms in total. The van der Waals surface area contributed by atoms with Crippen LogP contribution < -0.4 is 5.32 Å². The first-order valence-corrected chi connectivity index (χ1v) is 9.25. The largest absolute Gasteiger partial charge is 0.317 e. The molecule has 0 fully saturated rings. The van der Waals surface area contributed by atoms with E-state index in [-0.39, 0.29) is 11.5 Å². The molecule has 0 spiro atoms. The molecule has 1 heterocycles. The quantitative estimate of drug-likeness (QED) is 0.501. The van der Waals surface area contributed by atoms with Crippen molar-refractivity contribution in [2.24, 2.45) is 0 Å². The predicted molar refractivity (Wildman–Crippen MR) is 111 cm³/mol. The number of halogens is 2. The summed E-state index contributed by atoms with van der Waals surface area (Å²) in [6, 6.07) is 20.7. The number of hydrogen-bond acceptors (Lipinski definition) is 3. The summed E-state index contributed by atoms with van der Waals surface area (Å²) in [7, 11) is 0. The number of hydrogen-bond donors (Lipinski definition) is 1. The van der Waals surface area contributed by atoms with Gasteiger partial charge in [0.1, 0.15) is 5.82 Å². The van der Waals surface area contributed by atoms with E-state index in [9.17, 15) is 9.18 Å². The number of carbonyl (C=O) groups excluding carboxylic acids is 1. The van der Waals surface area contributed by atoms with Crippen LogP contribution in [0.1, 0.15) is 16.2 Å². The van der Waals surface area contributed by atoms with Crippen molar-refractivity contribution in [3.63, 3.8) is 0 Å². The molecule has 0 aliphatic rings. The first-order valence-electron chi connectivity index (χ1n) is 8.87. The highest BCUT2D eigenvalue weighted by Gasteiger charge is 2.19. The van der Waals surface area contributed by atoms with Crippen LogP contribution in [0.2, 0.25) is 5.02 Å². The highest BCUT2D eigenvalue weighted by Crippen LogP contribution is 2.24. The average molecular weight is 407 g/mol. The Kier molecular flexibility index (Phi) is 5.10. The maximum absolute atomic E-state index is 13.9. The molecule has 4 aromatic rings. The highest BCUT2D eigenvalue weighted by atomic mass is 35.5. The van der Waals surface area contributed by atoms with Crippen LogP contribution in [0.15, 0.2) is 72.8 Å². The lowest BCUT2D eigenvalue weighted by atomic mass is 10.2. The van der Waals surface area contributed by atoms with E-state index in [1.165, 1.54) is 12.1 Å². The van der Waals surface area contributed by atoms with Gasteiger partial charge in [-0.1, -0.05) is 41.4 Å². The number of anilines is 1. The Bertz CT molecular complexity index is 1110. The van der Waals surface area contributed by atoms with Crippen LogP contribution in [0.4, 0.5) is 10.1 Å². The van der Waals surface area contributed by atoms with Crippen LogP contribution in [0.3, 0.4) is 0 Å². The SMILES string of the molecule is Cc1ccc(-n2nc(C(=O)Nc3ccccc3F)nc2-c2ccc(Cl)cc2)cc1. The van der Waals surface area contributed by atoms with E-state index in [0.29, 0.717) is 10.8 Å².